The first kappa shape index (κ1) is 13.3. The smallest absolute Gasteiger partial charge is 0.308 e. The summed E-state index contributed by atoms with van der Waals surface area (Å²) in [6, 6.07) is 5.93. The Labute approximate surface area is 112 Å². The second-order valence-electron chi connectivity index (χ2n) is 4.76. The summed E-state index contributed by atoms with van der Waals surface area (Å²) in [5.41, 5.74) is 0.556. The third kappa shape index (κ3) is 3.44. The van der Waals surface area contributed by atoms with Gasteiger partial charge in [0.1, 0.15) is 11.9 Å². The van der Waals surface area contributed by atoms with E-state index in [2.05, 4.69) is 10.3 Å². The average Bonchev–Trinajstić information content (AvgIpc) is 2.48. The largest absolute Gasteiger partial charge is 0.469 e. The number of anilines is 1. The lowest BCUT2D eigenvalue weighted by atomic mass is 9.86. The number of carbonyl (C=O) groups is 1. The van der Waals surface area contributed by atoms with Crippen LogP contribution in [0.2, 0.25) is 0 Å². The maximum absolute atomic E-state index is 11.4. The predicted octanol–water partition coefficient (Wildman–Crippen LogP) is 2.10. The van der Waals surface area contributed by atoms with Crippen molar-refractivity contribution >= 4 is 11.8 Å². The molecule has 2 rings (SSSR count). The molecule has 0 atom stereocenters. The molecule has 19 heavy (non-hydrogen) atoms. The number of carbonyl (C=O) groups excluding carboxylic acids is 1. The molecule has 0 bridgehead atoms. The molecule has 0 amide bonds. The molecule has 1 aromatic rings. The molecule has 0 unspecified atom stereocenters. The van der Waals surface area contributed by atoms with Gasteiger partial charge in [-0.1, -0.05) is 0 Å². The molecule has 0 radical (unpaired) electrons. The molecule has 0 aromatic carbocycles. The van der Waals surface area contributed by atoms with E-state index in [1.165, 1.54) is 7.11 Å². The molecule has 1 saturated carbocycles. The van der Waals surface area contributed by atoms with E-state index < -0.39 is 0 Å². The van der Waals surface area contributed by atoms with Crippen molar-refractivity contribution in [3.8, 4) is 6.07 Å². The van der Waals surface area contributed by atoms with Gasteiger partial charge in [0, 0.05) is 12.2 Å². The van der Waals surface area contributed by atoms with E-state index in [4.69, 9.17) is 10.00 Å². The van der Waals surface area contributed by atoms with Gasteiger partial charge in [-0.15, -0.1) is 0 Å². The lowest BCUT2D eigenvalue weighted by molar-refractivity contribution is -0.146. The zero-order valence-electron chi connectivity index (χ0n) is 10.9. The normalized spacial score (nSPS) is 22.3. The van der Waals surface area contributed by atoms with Gasteiger partial charge in [0.05, 0.1) is 18.6 Å². The molecule has 1 aliphatic rings. The highest BCUT2D eigenvalue weighted by Crippen LogP contribution is 2.27. The quantitative estimate of drug-likeness (QED) is 0.841. The van der Waals surface area contributed by atoms with E-state index in [9.17, 15) is 4.79 Å². The zero-order chi connectivity index (χ0) is 13.7. The van der Waals surface area contributed by atoms with E-state index in [1.54, 1.807) is 12.3 Å². The number of nitrogens with one attached hydrogen (secondary N) is 1. The Balaban J connectivity index is 1.85. The lowest BCUT2D eigenvalue weighted by Gasteiger charge is -2.27. The van der Waals surface area contributed by atoms with Gasteiger partial charge in [0.2, 0.25) is 0 Å². The van der Waals surface area contributed by atoms with Crippen molar-refractivity contribution in [2.75, 3.05) is 12.4 Å². The van der Waals surface area contributed by atoms with Crippen LogP contribution in [0.4, 0.5) is 5.82 Å². The number of aromatic nitrogens is 1. The van der Waals surface area contributed by atoms with Gasteiger partial charge in [-0.2, -0.15) is 5.26 Å². The fourth-order valence-electron chi connectivity index (χ4n) is 2.39. The number of pyridine rings is 1. The van der Waals surface area contributed by atoms with Gasteiger partial charge in [0.15, 0.2) is 0 Å². The van der Waals surface area contributed by atoms with Crippen LogP contribution in [0.5, 0.6) is 0 Å². The van der Waals surface area contributed by atoms with E-state index in [-0.39, 0.29) is 11.9 Å². The minimum absolute atomic E-state index is 0.0389. The van der Waals surface area contributed by atoms with Crippen LogP contribution in [0, 0.1) is 17.2 Å². The Hall–Kier alpha value is -2.09. The van der Waals surface area contributed by atoms with Gasteiger partial charge < -0.3 is 10.1 Å². The molecule has 1 aromatic heterocycles. The number of esters is 1. The molecular weight excluding hydrogens is 242 g/mol. The van der Waals surface area contributed by atoms with Crippen LogP contribution in [-0.4, -0.2) is 24.1 Å². The van der Waals surface area contributed by atoms with Crippen molar-refractivity contribution < 1.29 is 9.53 Å². The van der Waals surface area contributed by atoms with E-state index in [0.717, 1.165) is 31.5 Å². The van der Waals surface area contributed by atoms with Crippen molar-refractivity contribution in [1.82, 2.24) is 4.98 Å². The summed E-state index contributed by atoms with van der Waals surface area (Å²) in [5.74, 6) is 0.715. The Bertz CT molecular complexity index is 470. The Morgan fingerprint density at radius 3 is 2.68 bits per heavy atom. The topological polar surface area (TPSA) is 75.0 Å². The minimum Gasteiger partial charge on any atom is -0.469 e. The first-order valence-electron chi connectivity index (χ1n) is 6.43. The predicted molar refractivity (Wildman–Crippen MR) is 70.3 cm³/mol. The molecule has 100 valence electrons. The van der Waals surface area contributed by atoms with Crippen molar-refractivity contribution in [3.05, 3.63) is 23.9 Å². The monoisotopic (exact) mass is 259 g/mol. The van der Waals surface area contributed by atoms with E-state index in [0.29, 0.717) is 11.6 Å². The first-order chi connectivity index (χ1) is 9.22. The molecule has 1 fully saturated rings. The molecule has 1 heterocycles. The van der Waals surface area contributed by atoms with Crippen LogP contribution in [0.25, 0.3) is 0 Å². The zero-order valence-corrected chi connectivity index (χ0v) is 10.9. The third-order valence-electron chi connectivity index (χ3n) is 3.51. The molecule has 0 saturated heterocycles. The Morgan fingerprint density at radius 2 is 2.16 bits per heavy atom. The van der Waals surface area contributed by atoms with Crippen LogP contribution in [-0.2, 0) is 9.53 Å². The van der Waals surface area contributed by atoms with Crippen molar-refractivity contribution in [3.63, 3.8) is 0 Å². The fourth-order valence-corrected chi connectivity index (χ4v) is 2.39. The highest BCUT2D eigenvalue weighted by molar-refractivity contribution is 5.72. The summed E-state index contributed by atoms with van der Waals surface area (Å²) >= 11 is 0. The summed E-state index contributed by atoms with van der Waals surface area (Å²) < 4.78 is 4.77. The highest BCUT2D eigenvalue weighted by Gasteiger charge is 2.26. The van der Waals surface area contributed by atoms with Gasteiger partial charge in [0.25, 0.3) is 0 Å². The van der Waals surface area contributed by atoms with Gasteiger partial charge >= 0.3 is 5.97 Å². The second-order valence-corrected chi connectivity index (χ2v) is 4.76. The molecular formula is C14H17N3O2. The van der Waals surface area contributed by atoms with Crippen LogP contribution >= 0.6 is 0 Å². The van der Waals surface area contributed by atoms with E-state index in [1.807, 2.05) is 12.1 Å². The first-order valence-corrected chi connectivity index (χ1v) is 6.43. The summed E-state index contributed by atoms with van der Waals surface area (Å²) in [6.07, 6.45) is 5.12. The van der Waals surface area contributed by atoms with Gasteiger partial charge in [-0.25, -0.2) is 4.98 Å². The number of ether oxygens (including phenoxy) is 1. The number of hydrogen-bond donors (Lipinski definition) is 1. The van der Waals surface area contributed by atoms with Crippen molar-refractivity contribution in [2.24, 2.45) is 5.92 Å². The molecule has 5 nitrogen and oxygen atoms in total. The SMILES string of the molecule is COC(=O)C1CCC(Nc2ccc(C#N)cn2)CC1. The maximum Gasteiger partial charge on any atom is 0.308 e. The second kappa shape index (κ2) is 6.19. The third-order valence-corrected chi connectivity index (χ3v) is 3.51. The minimum atomic E-state index is -0.102. The van der Waals surface area contributed by atoms with Crippen LogP contribution in [0.3, 0.4) is 0 Å². The summed E-state index contributed by atoms with van der Waals surface area (Å²) in [7, 11) is 1.44. The number of nitriles is 1. The number of nitrogens with zero attached hydrogens (tertiary/aromatic N) is 2. The molecule has 0 spiro atoms. The maximum atomic E-state index is 11.4. The number of methoxy groups -OCH3 is 1. The summed E-state index contributed by atoms with van der Waals surface area (Å²) in [5, 5.41) is 12.0. The van der Waals surface area contributed by atoms with Gasteiger partial charge in [-0.05, 0) is 37.8 Å². The molecule has 0 aliphatic heterocycles. The molecule has 5 heteroatoms. The van der Waals surface area contributed by atoms with Crippen LogP contribution in [0.1, 0.15) is 31.2 Å². The van der Waals surface area contributed by atoms with Crippen LogP contribution < -0.4 is 5.32 Å². The van der Waals surface area contributed by atoms with Gasteiger partial charge in [-0.3, -0.25) is 4.79 Å². The lowest BCUT2D eigenvalue weighted by Crippen LogP contribution is -2.30. The highest BCUT2D eigenvalue weighted by atomic mass is 16.5. The standard InChI is InChI=1S/C14H17N3O2/c1-19-14(18)11-3-5-12(6-4-11)17-13-7-2-10(8-15)9-16-13/h2,7,9,11-12H,3-6H2,1H3,(H,16,17). The number of rotatable bonds is 3. The Kier molecular flexibility index (Phi) is 4.35. The number of hydrogen-bond acceptors (Lipinski definition) is 5. The van der Waals surface area contributed by atoms with Crippen molar-refractivity contribution in [1.29, 1.82) is 5.26 Å². The average molecular weight is 259 g/mol. The molecule has 1 N–H and O–H groups in total. The molecule has 1 aliphatic carbocycles. The summed E-state index contributed by atoms with van der Waals surface area (Å²) in [6.45, 7) is 0. The Morgan fingerprint density at radius 1 is 1.42 bits per heavy atom. The summed E-state index contributed by atoms with van der Waals surface area (Å²) in [4.78, 5) is 15.6. The fraction of sp³-hybridized carbons (Fsp3) is 0.500. The van der Waals surface area contributed by atoms with Crippen molar-refractivity contribution in [2.45, 2.75) is 31.7 Å². The van der Waals surface area contributed by atoms with Crippen LogP contribution in [0.15, 0.2) is 18.3 Å². The van der Waals surface area contributed by atoms with E-state index >= 15 is 0 Å².